The first-order chi connectivity index (χ1) is 6.62. The molecule has 1 nitrogen and oxygen atoms in total. The van der Waals surface area contributed by atoms with E-state index in [2.05, 4.69) is 15.9 Å². The topological polar surface area (TPSA) is 3.24 Å². The lowest BCUT2D eigenvalue weighted by atomic mass is 9.95. The highest BCUT2D eigenvalue weighted by atomic mass is 79.9. The third kappa shape index (κ3) is 1.71. The summed E-state index contributed by atoms with van der Waals surface area (Å²) in [6, 6.07) is 7.56. The lowest BCUT2D eigenvalue weighted by Gasteiger charge is -2.21. The summed E-state index contributed by atoms with van der Waals surface area (Å²) >= 11 is 3.40. The predicted octanol–water partition coefficient (Wildman–Crippen LogP) is 2.95. The van der Waals surface area contributed by atoms with Crippen molar-refractivity contribution in [3.8, 4) is 0 Å². The molecule has 0 aliphatic carbocycles. The van der Waals surface area contributed by atoms with E-state index in [4.69, 9.17) is 0 Å². The number of hydrogen-bond acceptors (Lipinski definition) is 1. The van der Waals surface area contributed by atoms with E-state index in [9.17, 15) is 4.39 Å². The molecule has 0 saturated carbocycles. The molecular weight excluding hydrogens is 245 g/mol. The van der Waals surface area contributed by atoms with E-state index in [1.54, 1.807) is 0 Å². The molecule has 1 fully saturated rings. The second kappa shape index (κ2) is 3.63. The summed E-state index contributed by atoms with van der Waals surface area (Å²) in [7, 11) is 1.96. The van der Waals surface area contributed by atoms with Crippen LogP contribution in [0.1, 0.15) is 12.0 Å². The van der Waals surface area contributed by atoms with Crippen LogP contribution in [0.15, 0.2) is 28.7 Å². The van der Waals surface area contributed by atoms with E-state index in [1.165, 1.54) is 0 Å². The fraction of sp³-hybridized carbons (Fsp3) is 0.455. The molecule has 0 radical (unpaired) electrons. The third-order valence-corrected chi connectivity index (χ3v) is 3.46. The van der Waals surface area contributed by atoms with Gasteiger partial charge in [0.15, 0.2) is 5.67 Å². The highest BCUT2D eigenvalue weighted by Gasteiger charge is 2.39. The number of hydrogen-bond donors (Lipinski definition) is 0. The molecule has 1 aromatic carbocycles. The molecule has 2 rings (SSSR count). The lowest BCUT2D eigenvalue weighted by Crippen LogP contribution is -2.24. The standard InChI is InChI=1S/C11H13BrFN/c1-14-7-6-11(13,8-14)9-4-2-3-5-10(9)12/h2-5H,6-8H2,1H3. The maximum absolute atomic E-state index is 14.5. The Balaban J connectivity index is 2.35. The van der Waals surface area contributed by atoms with E-state index >= 15 is 0 Å². The Morgan fingerprint density at radius 1 is 1.43 bits per heavy atom. The Hall–Kier alpha value is -0.410. The van der Waals surface area contributed by atoms with E-state index in [1.807, 2.05) is 36.2 Å². The molecule has 1 aliphatic rings. The van der Waals surface area contributed by atoms with Crippen molar-refractivity contribution in [1.29, 1.82) is 0 Å². The minimum atomic E-state index is -1.17. The van der Waals surface area contributed by atoms with Crippen LogP contribution in [0.2, 0.25) is 0 Å². The molecule has 1 aromatic rings. The first kappa shape index (κ1) is 10.1. The van der Waals surface area contributed by atoms with Crippen molar-refractivity contribution in [1.82, 2.24) is 4.90 Å². The molecule has 0 amide bonds. The quantitative estimate of drug-likeness (QED) is 0.748. The van der Waals surface area contributed by atoms with Crippen LogP contribution in [0.25, 0.3) is 0 Å². The van der Waals surface area contributed by atoms with Crippen molar-refractivity contribution < 1.29 is 4.39 Å². The number of likely N-dealkylation sites (N-methyl/N-ethyl adjacent to an activating group) is 1. The van der Waals surface area contributed by atoms with Crippen LogP contribution in [0.4, 0.5) is 4.39 Å². The van der Waals surface area contributed by atoms with E-state index in [0.29, 0.717) is 13.0 Å². The van der Waals surface area contributed by atoms with Crippen LogP contribution in [0.5, 0.6) is 0 Å². The Labute approximate surface area is 92.0 Å². The maximum Gasteiger partial charge on any atom is 0.150 e. The zero-order chi connectivity index (χ0) is 10.2. The van der Waals surface area contributed by atoms with Gasteiger partial charge >= 0.3 is 0 Å². The minimum absolute atomic E-state index is 0.496. The summed E-state index contributed by atoms with van der Waals surface area (Å²) in [5.74, 6) is 0. The summed E-state index contributed by atoms with van der Waals surface area (Å²) in [6.45, 7) is 1.33. The second-order valence-corrected chi connectivity index (χ2v) is 4.79. The molecule has 76 valence electrons. The van der Waals surface area contributed by atoms with Gasteiger partial charge in [0.1, 0.15) is 0 Å². The molecule has 1 aliphatic heterocycles. The Morgan fingerprint density at radius 2 is 2.14 bits per heavy atom. The molecule has 0 aromatic heterocycles. The van der Waals surface area contributed by atoms with Crippen LogP contribution in [-0.2, 0) is 5.67 Å². The van der Waals surface area contributed by atoms with Crippen molar-refractivity contribution in [2.24, 2.45) is 0 Å². The second-order valence-electron chi connectivity index (χ2n) is 3.93. The minimum Gasteiger partial charge on any atom is -0.303 e. The van der Waals surface area contributed by atoms with Gasteiger partial charge in [-0.15, -0.1) is 0 Å². The molecule has 1 saturated heterocycles. The molecule has 0 N–H and O–H groups in total. The Bertz CT molecular complexity index is 342. The SMILES string of the molecule is CN1CCC(F)(c2ccccc2Br)C1. The van der Waals surface area contributed by atoms with Gasteiger partial charge in [0, 0.05) is 23.1 Å². The highest BCUT2D eigenvalue weighted by Crippen LogP contribution is 2.38. The maximum atomic E-state index is 14.5. The zero-order valence-electron chi connectivity index (χ0n) is 8.13. The van der Waals surface area contributed by atoms with Gasteiger partial charge in [0.05, 0.1) is 0 Å². The molecule has 0 spiro atoms. The summed E-state index contributed by atoms with van der Waals surface area (Å²) in [5, 5.41) is 0. The van der Waals surface area contributed by atoms with Crippen LogP contribution in [0.3, 0.4) is 0 Å². The van der Waals surface area contributed by atoms with Gasteiger partial charge in [-0.05, 0) is 19.5 Å². The predicted molar refractivity (Wildman–Crippen MR) is 59.0 cm³/mol. The number of likely N-dealkylation sites (tertiary alicyclic amines) is 1. The zero-order valence-corrected chi connectivity index (χ0v) is 9.72. The van der Waals surface area contributed by atoms with Crippen LogP contribution < -0.4 is 0 Å². The number of alkyl halides is 1. The lowest BCUT2D eigenvalue weighted by molar-refractivity contribution is 0.174. The summed E-state index contributed by atoms with van der Waals surface area (Å²) in [4.78, 5) is 2.03. The van der Waals surface area contributed by atoms with Crippen molar-refractivity contribution in [2.75, 3.05) is 20.1 Å². The van der Waals surface area contributed by atoms with Crippen molar-refractivity contribution in [3.05, 3.63) is 34.3 Å². The Morgan fingerprint density at radius 3 is 2.71 bits per heavy atom. The highest BCUT2D eigenvalue weighted by molar-refractivity contribution is 9.10. The van der Waals surface area contributed by atoms with E-state index in [0.717, 1.165) is 16.6 Å². The molecule has 1 atom stereocenters. The van der Waals surface area contributed by atoms with Crippen LogP contribution >= 0.6 is 15.9 Å². The van der Waals surface area contributed by atoms with Crippen molar-refractivity contribution >= 4 is 15.9 Å². The normalized spacial score (nSPS) is 28.2. The monoisotopic (exact) mass is 257 g/mol. The first-order valence-corrected chi connectivity index (χ1v) is 5.54. The molecule has 1 unspecified atom stereocenters. The van der Waals surface area contributed by atoms with Gasteiger partial charge in [-0.3, -0.25) is 0 Å². The van der Waals surface area contributed by atoms with Gasteiger partial charge in [0.2, 0.25) is 0 Å². The number of halogens is 2. The largest absolute Gasteiger partial charge is 0.303 e. The summed E-state index contributed by atoms with van der Waals surface area (Å²) in [6.07, 6.45) is 0.589. The van der Waals surface area contributed by atoms with E-state index in [-0.39, 0.29) is 0 Å². The van der Waals surface area contributed by atoms with Gasteiger partial charge in [-0.25, -0.2) is 4.39 Å². The van der Waals surface area contributed by atoms with Gasteiger partial charge < -0.3 is 4.90 Å². The van der Waals surface area contributed by atoms with Crippen molar-refractivity contribution in [2.45, 2.75) is 12.1 Å². The molecular formula is C11H13BrFN. The van der Waals surface area contributed by atoms with Crippen molar-refractivity contribution in [3.63, 3.8) is 0 Å². The van der Waals surface area contributed by atoms with Crippen LogP contribution in [0, 0.1) is 0 Å². The fourth-order valence-electron chi connectivity index (χ4n) is 2.00. The molecule has 14 heavy (non-hydrogen) atoms. The van der Waals surface area contributed by atoms with E-state index < -0.39 is 5.67 Å². The number of benzene rings is 1. The average Bonchev–Trinajstić information content (AvgIpc) is 2.48. The number of rotatable bonds is 1. The smallest absolute Gasteiger partial charge is 0.150 e. The summed E-state index contributed by atoms with van der Waals surface area (Å²) < 4.78 is 15.4. The first-order valence-electron chi connectivity index (χ1n) is 4.74. The van der Waals surface area contributed by atoms with Gasteiger partial charge in [0.25, 0.3) is 0 Å². The third-order valence-electron chi connectivity index (χ3n) is 2.77. The molecule has 3 heteroatoms. The number of nitrogens with zero attached hydrogens (tertiary/aromatic N) is 1. The summed E-state index contributed by atoms with van der Waals surface area (Å²) in [5.41, 5.74) is -0.390. The van der Waals surface area contributed by atoms with Gasteiger partial charge in [-0.2, -0.15) is 0 Å². The Kier molecular flexibility index (Phi) is 2.62. The average molecular weight is 258 g/mol. The molecule has 1 heterocycles. The fourth-order valence-corrected chi connectivity index (χ4v) is 2.64. The van der Waals surface area contributed by atoms with Crippen LogP contribution in [-0.4, -0.2) is 25.0 Å². The van der Waals surface area contributed by atoms with Gasteiger partial charge in [-0.1, -0.05) is 34.1 Å². The molecule has 0 bridgehead atoms.